The highest BCUT2D eigenvalue weighted by Gasteiger charge is 2.50. The van der Waals surface area contributed by atoms with E-state index in [1.165, 1.54) is 23.9 Å². The van der Waals surface area contributed by atoms with Gasteiger partial charge < -0.3 is 5.11 Å². The zero-order chi connectivity index (χ0) is 13.2. The fraction of sp³-hybridized carbons (Fsp3) is 0.500. The second-order valence-corrected chi connectivity index (χ2v) is 6.38. The smallest absolute Gasteiger partial charge is 0.320 e. The molecule has 1 fully saturated rings. The number of thioether (sulfide) groups is 1. The largest absolute Gasteiger partial charge is 0.480 e. The molecule has 1 N–H and O–H groups in total. The van der Waals surface area contributed by atoms with Crippen LogP contribution in [0.25, 0.3) is 0 Å². The lowest BCUT2D eigenvalue weighted by Crippen LogP contribution is -2.47. The summed E-state index contributed by atoms with van der Waals surface area (Å²) >= 11 is 1.36. The summed E-state index contributed by atoms with van der Waals surface area (Å²) in [7, 11) is 0. The van der Waals surface area contributed by atoms with Crippen LogP contribution < -0.4 is 0 Å². The second-order valence-electron chi connectivity index (χ2n) is 4.92. The van der Waals surface area contributed by atoms with Gasteiger partial charge in [0.1, 0.15) is 10.6 Å². The Morgan fingerprint density at radius 1 is 1.44 bits per heavy atom. The van der Waals surface area contributed by atoms with Gasteiger partial charge >= 0.3 is 5.97 Å². The standard InChI is InChI=1S/C14H17FO2S/c1-2-3-10-8-14(9-10,13(16)17)18-12-6-4-11(15)5-7-12/h4-7,10H,2-3,8-9H2,1H3,(H,16,17). The van der Waals surface area contributed by atoms with E-state index in [1.807, 2.05) is 0 Å². The van der Waals surface area contributed by atoms with Gasteiger partial charge in [-0.1, -0.05) is 19.8 Å². The molecule has 0 aromatic heterocycles. The Kier molecular flexibility index (Phi) is 3.95. The number of rotatable bonds is 5. The van der Waals surface area contributed by atoms with Crippen LogP contribution in [0, 0.1) is 11.7 Å². The van der Waals surface area contributed by atoms with E-state index in [0.29, 0.717) is 5.92 Å². The van der Waals surface area contributed by atoms with E-state index >= 15 is 0 Å². The molecule has 1 aromatic rings. The number of carboxylic acids is 1. The molecular weight excluding hydrogens is 251 g/mol. The number of hydrogen-bond donors (Lipinski definition) is 1. The van der Waals surface area contributed by atoms with Crippen LogP contribution in [0.2, 0.25) is 0 Å². The first-order chi connectivity index (χ1) is 8.55. The molecule has 1 aromatic carbocycles. The average molecular weight is 268 g/mol. The van der Waals surface area contributed by atoms with Crippen LogP contribution in [0.1, 0.15) is 32.6 Å². The zero-order valence-corrected chi connectivity index (χ0v) is 11.2. The van der Waals surface area contributed by atoms with Crippen LogP contribution in [0.5, 0.6) is 0 Å². The number of hydrogen-bond acceptors (Lipinski definition) is 2. The summed E-state index contributed by atoms with van der Waals surface area (Å²) in [4.78, 5) is 12.3. The first-order valence-corrected chi connectivity index (χ1v) is 7.05. The topological polar surface area (TPSA) is 37.3 Å². The van der Waals surface area contributed by atoms with Gasteiger partial charge in [-0.3, -0.25) is 4.79 Å². The van der Waals surface area contributed by atoms with Crippen LogP contribution >= 0.6 is 11.8 Å². The minimum atomic E-state index is -0.746. The van der Waals surface area contributed by atoms with Gasteiger partial charge in [0.25, 0.3) is 0 Å². The molecule has 0 atom stereocenters. The number of carbonyl (C=O) groups is 1. The van der Waals surface area contributed by atoms with Crippen molar-refractivity contribution in [2.45, 2.75) is 42.2 Å². The van der Waals surface area contributed by atoms with Crippen molar-refractivity contribution in [2.24, 2.45) is 5.92 Å². The Morgan fingerprint density at radius 3 is 2.56 bits per heavy atom. The van der Waals surface area contributed by atoms with Crippen LogP contribution in [0.3, 0.4) is 0 Å². The number of halogens is 1. The van der Waals surface area contributed by atoms with Gasteiger partial charge in [0, 0.05) is 4.90 Å². The molecule has 0 amide bonds. The lowest BCUT2D eigenvalue weighted by molar-refractivity contribution is -0.143. The van der Waals surface area contributed by atoms with E-state index in [2.05, 4.69) is 6.92 Å². The maximum absolute atomic E-state index is 12.8. The van der Waals surface area contributed by atoms with E-state index in [4.69, 9.17) is 0 Å². The minimum Gasteiger partial charge on any atom is -0.480 e. The van der Waals surface area contributed by atoms with Gasteiger partial charge in [-0.2, -0.15) is 0 Å². The highest BCUT2D eigenvalue weighted by atomic mass is 32.2. The van der Waals surface area contributed by atoms with E-state index in [9.17, 15) is 14.3 Å². The Labute approximate surface area is 111 Å². The summed E-state index contributed by atoms with van der Waals surface area (Å²) in [5, 5.41) is 9.39. The lowest BCUT2D eigenvalue weighted by Gasteiger charge is -2.43. The van der Waals surface area contributed by atoms with Crippen molar-refractivity contribution in [1.29, 1.82) is 0 Å². The van der Waals surface area contributed by atoms with E-state index in [0.717, 1.165) is 30.6 Å². The zero-order valence-electron chi connectivity index (χ0n) is 10.4. The molecular formula is C14H17FO2S. The Balaban J connectivity index is 2.05. The molecule has 2 nitrogen and oxygen atoms in total. The van der Waals surface area contributed by atoms with Crippen LogP contribution in [-0.2, 0) is 4.79 Å². The summed E-state index contributed by atoms with van der Waals surface area (Å²) in [6.45, 7) is 2.12. The number of aliphatic carboxylic acids is 1. The maximum Gasteiger partial charge on any atom is 0.320 e. The minimum absolute atomic E-state index is 0.291. The third-order valence-electron chi connectivity index (χ3n) is 3.45. The monoisotopic (exact) mass is 268 g/mol. The predicted molar refractivity (Wildman–Crippen MR) is 70.3 cm³/mol. The van der Waals surface area contributed by atoms with Crippen LogP contribution in [-0.4, -0.2) is 15.8 Å². The van der Waals surface area contributed by atoms with Crippen molar-refractivity contribution in [3.63, 3.8) is 0 Å². The van der Waals surface area contributed by atoms with Gasteiger partial charge in [0.05, 0.1) is 0 Å². The summed E-state index contributed by atoms with van der Waals surface area (Å²) in [5.74, 6) is -0.510. The lowest BCUT2D eigenvalue weighted by atomic mass is 9.72. The summed E-state index contributed by atoms with van der Waals surface area (Å²) in [6, 6.07) is 6.05. The van der Waals surface area contributed by atoms with Crippen LogP contribution in [0.15, 0.2) is 29.2 Å². The third kappa shape index (κ3) is 2.69. The van der Waals surface area contributed by atoms with Crippen molar-refractivity contribution >= 4 is 17.7 Å². The van der Waals surface area contributed by atoms with Gasteiger partial charge in [-0.25, -0.2) is 4.39 Å². The quantitative estimate of drug-likeness (QED) is 0.878. The Morgan fingerprint density at radius 2 is 2.06 bits per heavy atom. The Bertz CT molecular complexity index is 424. The number of benzene rings is 1. The second kappa shape index (κ2) is 5.31. The Hall–Kier alpha value is -1.03. The summed E-state index contributed by atoms with van der Waals surface area (Å²) in [6.07, 6.45) is 3.64. The SMILES string of the molecule is CCCC1CC(Sc2ccc(F)cc2)(C(=O)O)C1. The van der Waals surface area contributed by atoms with Crippen molar-refractivity contribution in [1.82, 2.24) is 0 Å². The predicted octanol–water partition coefficient (Wildman–Crippen LogP) is 3.95. The molecule has 1 aliphatic carbocycles. The van der Waals surface area contributed by atoms with Crippen molar-refractivity contribution < 1.29 is 14.3 Å². The van der Waals surface area contributed by atoms with E-state index < -0.39 is 10.7 Å². The average Bonchev–Trinajstić information content (AvgIpc) is 2.28. The van der Waals surface area contributed by atoms with Crippen molar-refractivity contribution in [3.8, 4) is 0 Å². The van der Waals surface area contributed by atoms with E-state index in [1.54, 1.807) is 12.1 Å². The summed E-state index contributed by atoms with van der Waals surface area (Å²) < 4.78 is 12.1. The molecule has 0 bridgehead atoms. The molecule has 0 radical (unpaired) electrons. The first kappa shape index (κ1) is 13.4. The van der Waals surface area contributed by atoms with Crippen LogP contribution in [0.4, 0.5) is 4.39 Å². The summed E-state index contributed by atoms with van der Waals surface area (Å²) in [5.41, 5.74) is 0. The van der Waals surface area contributed by atoms with E-state index in [-0.39, 0.29) is 5.82 Å². The molecule has 0 saturated heterocycles. The molecule has 0 unspecified atom stereocenters. The fourth-order valence-electron chi connectivity index (χ4n) is 2.52. The highest BCUT2D eigenvalue weighted by Crippen LogP contribution is 2.52. The van der Waals surface area contributed by atoms with Gasteiger partial charge in [-0.15, -0.1) is 11.8 Å². The molecule has 1 aliphatic rings. The van der Waals surface area contributed by atoms with Gasteiger partial charge in [0.2, 0.25) is 0 Å². The number of carboxylic acid groups (broad SMARTS) is 1. The maximum atomic E-state index is 12.8. The third-order valence-corrected chi connectivity index (χ3v) is 4.86. The normalized spacial score (nSPS) is 26.7. The first-order valence-electron chi connectivity index (χ1n) is 6.24. The fourth-order valence-corrected chi connectivity index (χ4v) is 3.96. The molecule has 4 heteroatoms. The molecule has 98 valence electrons. The molecule has 0 aliphatic heterocycles. The highest BCUT2D eigenvalue weighted by molar-refractivity contribution is 8.01. The molecule has 0 heterocycles. The van der Waals surface area contributed by atoms with Gasteiger partial charge in [0.15, 0.2) is 0 Å². The van der Waals surface area contributed by atoms with Crippen molar-refractivity contribution in [3.05, 3.63) is 30.1 Å². The molecule has 0 spiro atoms. The molecule has 1 saturated carbocycles. The van der Waals surface area contributed by atoms with Gasteiger partial charge in [-0.05, 0) is 43.0 Å². The van der Waals surface area contributed by atoms with Crippen molar-refractivity contribution in [2.75, 3.05) is 0 Å². The molecule has 18 heavy (non-hydrogen) atoms. The molecule has 2 rings (SSSR count).